The lowest BCUT2D eigenvalue weighted by Crippen LogP contribution is -2.54. The second-order valence-electron chi connectivity index (χ2n) is 6.91. The second kappa shape index (κ2) is 8.23. The Morgan fingerprint density at radius 3 is 2.28 bits per heavy atom. The van der Waals surface area contributed by atoms with E-state index in [-0.39, 0.29) is 18.0 Å². The van der Waals surface area contributed by atoms with Gasteiger partial charge in [0, 0.05) is 37.8 Å². The number of hydrogen-bond acceptors (Lipinski definition) is 3. The Bertz CT molecular complexity index is 635. The Balaban J connectivity index is 1.97. The third kappa shape index (κ3) is 4.87. The van der Waals surface area contributed by atoms with Crippen molar-refractivity contribution in [3.63, 3.8) is 0 Å². The van der Waals surface area contributed by atoms with Crippen LogP contribution in [0.2, 0.25) is 0 Å². The summed E-state index contributed by atoms with van der Waals surface area (Å²) >= 11 is 0. The average Bonchev–Trinajstić information content (AvgIpc) is 2.56. The van der Waals surface area contributed by atoms with Gasteiger partial charge in [-0.3, -0.25) is 4.79 Å². The van der Waals surface area contributed by atoms with Gasteiger partial charge in [-0.15, -0.1) is 0 Å². The Kier molecular flexibility index (Phi) is 6.28. The summed E-state index contributed by atoms with van der Waals surface area (Å²) in [6.07, 6.45) is 0.327. The lowest BCUT2D eigenvalue weighted by atomic mass is 10.0. The predicted molar refractivity (Wildman–Crippen MR) is 98.0 cm³/mol. The molecule has 138 valence electrons. The van der Waals surface area contributed by atoms with Gasteiger partial charge in [-0.05, 0) is 44.9 Å². The van der Waals surface area contributed by atoms with Crippen LogP contribution in [0.4, 0.5) is 4.79 Å². The van der Waals surface area contributed by atoms with Gasteiger partial charge in [0.05, 0.1) is 13.5 Å². The van der Waals surface area contributed by atoms with Crippen LogP contribution in [0.3, 0.4) is 0 Å². The summed E-state index contributed by atoms with van der Waals surface area (Å²) in [7, 11) is 1.63. The number of rotatable bonds is 4. The van der Waals surface area contributed by atoms with E-state index >= 15 is 0 Å². The molecule has 0 aromatic heterocycles. The highest BCUT2D eigenvalue weighted by Gasteiger charge is 2.25. The summed E-state index contributed by atoms with van der Waals surface area (Å²) in [4.78, 5) is 28.3. The normalized spacial score (nSPS) is 14.6. The van der Waals surface area contributed by atoms with Crippen LogP contribution in [0.5, 0.6) is 5.75 Å². The second-order valence-corrected chi connectivity index (χ2v) is 6.91. The van der Waals surface area contributed by atoms with Crippen LogP contribution in [0, 0.1) is 13.8 Å². The molecule has 2 rings (SSSR count). The van der Waals surface area contributed by atoms with Gasteiger partial charge in [0.1, 0.15) is 5.75 Å². The van der Waals surface area contributed by atoms with E-state index in [0.717, 1.165) is 22.4 Å². The molecule has 25 heavy (non-hydrogen) atoms. The molecule has 3 amide bonds. The van der Waals surface area contributed by atoms with Crippen molar-refractivity contribution in [2.75, 3.05) is 33.3 Å². The van der Waals surface area contributed by atoms with E-state index in [0.29, 0.717) is 32.6 Å². The molecular weight excluding hydrogens is 318 g/mol. The van der Waals surface area contributed by atoms with Crippen molar-refractivity contribution in [2.24, 2.45) is 0 Å². The Labute approximate surface area is 150 Å². The first-order valence-electron chi connectivity index (χ1n) is 8.79. The number of aryl methyl sites for hydroxylation is 2. The summed E-state index contributed by atoms with van der Waals surface area (Å²) in [6, 6.07) is 4.09. The molecule has 1 N–H and O–H groups in total. The fourth-order valence-electron chi connectivity index (χ4n) is 3.13. The molecule has 1 aromatic rings. The number of methoxy groups -OCH3 is 1. The molecule has 6 heteroatoms. The average molecular weight is 347 g/mol. The minimum atomic E-state index is -0.0573. The summed E-state index contributed by atoms with van der Waals surface area (Å²) in [6.45, 7) is 10.2. The number of carbonyl (C=O) groups excluding carboxylic acids is 2. The monoisotopic (exact) mass is 347 g/mol. The number of nitrogens with zero attached hydrogens (tertiary/aromatic N) is 2. The largest absolute Gasteiger partial charge is 0.496 e. The van der Waals surface area contributed by atoms with Gasteiger partial charge in [-0.1, -0.05) is 6.07 Å². The number of hydrogen-bond donors (Lipinski definition) is 1. The molecule has 0 atom stereocenters. The minimum absolute atomic E-state index is 0.0573. The highest BCUT2D eigenvalue weighted by Crippen LogP contribution is 2.25. The van der Waals surface area contributed by atoms with Gasteiger partial charge in [0.15, 0.2) is 0 Å². The summed E-state index contributed by atoms with van der Waals surface area (Å²) < 4.78 is 5.45. The lowest BCUT2D eigenvalue weighted by Gasteiger charge is -2.35. The van der Waals surface area contributed by atoms with Crippen molar-refractivity contribution >= 4 is 11.9 Å². The van der Waals surface area contributed by atoms with Crippen LogP contribution in [0.1, 0.15) is 30.5 Å². The van der Waals surface area contributed by atoms with Crippen LogP contribution < -0.4 is 10.1 Å². The molecule has 0 radical (unpaired) electrons. The molecule has 1 aromatic carbocycles. The fraction of sp³-hybridized carbons (Fsp3) is 0.579. The molecule has 1 heterocycles. The highest BCUT2D eigenvalue weighted by molar-refractivity contribution is 5.81. The summed E-state index contributed by atoms with van der Waals surface area (Å²) in [5, 5.41) is 2.89. The predicted octanol–water partition coefficient (Wildman–Crippen LogP) is 2.12. The number of ether oxygens (including phenoxy) is 1. The number of piperazine rings is 1. The molecular formula is C19H29N3O3. The van der Waals surface area contributed by atoms with Gasteiger partial charge >= 0.3 is 6.03 Å². The van der Waals surface area contributed by atoms with Gasteiger partial charge < -0.3 is 19.9 Å². The molecule has 0 saturated carbocycles. The fourth-order valence-corrected chi connectivity index (χ4v) is 3.13. The molecule has 1 saturated heterocycles. The van der Waals surface area contributed by atoms with Gasteiger partial charge in [-0.25, -0.2) is 4.79 Å². The van der Waals surface area contributed by atoms with Crippen molar-refractivity contribution < 1.29 is 14.3 Å². The van der Waals surface area contributed by atoms with Crippen molar-refractivity contribution in [3.05, 3.63) is 28.8 Å². The number of nitrogens with one attached hydrogen (secondary N) is 1. The highest BCUT2D eigenvalue weighted by atomic mass is 16.5. The van der Waals surface area contributed by atoms with Crippen LogP contribution in [0.15, 0.2) is 12.1 Å². The van der Waals surface area contributed by atoms with E-state index in [4.69, 9.17) is 4.74 Å². The van der Waals surface area contributed by atoms with Crippen LogP contribution in [-0.2, 0) is 11.2 Å². The molecule has 0 bridgehead atoms. The first kappa shape index (κ1) is 19.1. The molecule has 6 nitrogen and oxygen atoms in total. The van der Waals surface area contributed by atoms with E-state index in [1.165, 1.54) is 0 Å². The molecule has 1 aliphatic heterocycles. The van der Waals surface area contributed by atoms with E-state index in [1.54, 1.807) is 12.0 Å². The number of carbonyl (C=O) groups is 2. The zero-order chi connectivity index (χ0) is 18.6. The number of urea groups is 1. The topological polar surface area (TPSA) is 61.9 Å². The van der Waals surface area contributed by atoms with Gasteiger partial charge in [0.25, 0.3) is 0 Å². The third-order valence-electron chi connectivity index (χ3n) is 4.46. The molecule has 0 unspecified atom stereocenters. The van der Waals surface area contributed by atoms with E-state index < -0.39 is 0 Å². The number of benzene rings is 1. The number of amides is 3. The smallest absolute Gasteiger partial charge is 0.317 e. The van der Waals surface area contributed by atoms with Crippen molar-refractivity contribution in [1.29, 1.82) is 0 Å². The molecule has 0 aliphatic carbocycles. The zero-order valence-electron chi connectivity index (χ0n) is 15.9. The van der Waals surface area contributed by atoms with Crippen LogP contribution >= 0.6 is 0 Å². The molecule has 1 aliphatic rings. The third-order valence-corrected chi connectivity index (χ3v) is 4.46. The Morgan fingerprint density at radius 2 is 1.72 bits per heavy atom. The van der Waals surface area contributed by atoms with E-state index in [9.17, 15) is 9.59 Å². The van der Waals surface area contributed by atoms with Crippen LogP contribution in [0.25, 0.3) is 0 Å². The first-order valence-corrected chi connectivity index (χ1v) is 8.79. The maximum absolute atomic E-state index is 12.7. The Hall–Kier alpha value is -2.24. The minimum Gasteiger partial charge on any atom is -0.496 e. The molecule has 0 spiro atoms. The van der Waals surface area contributed by atoms with Crippen molar-refractivity contribution in [2.45, 2.75) is 40.2 Å². The van der Waals surface area contributed by atoms with Gasteiger partial charge in [-0.2, -0.15) is 0 Å². The maximum atomic E-state index is 12.7. The Morgan fingerprint density at radius 1 is 1.12 bits per heavy atom. The zero-order valence-corrected chi connectivity index (χ0v) is 15.9. The van der Waals surface area contributed by atoms with Crippen LogP contribution in [-0.4, -0.2) is 61.1 Å². The first-order chi connectivity index (χ1) is 11.8. The maximum Gasteiger partial charge on any atom is 0.317 e. The van der Waals surface area contributed by atoms with Crippen molar-refractivity contribution in [1.82, 2.24) is 15.1 Å². The van der Waals surface area contributed by atoms with Gasteiger partial charge in [0.2, 0.25) is 5.91 Å². The lowest BCUT2D eigenvalue weighted by molar-refractivity contribution is -0.131. The van der Waals surface area contributed by atoms with E-state index in [1.807, 2.05) is 38.7 Å². The quantitative estimate of drug-likeness (QED) is 0.907. The summed E-state index contributed by atoms with van der Waals surface area (Å²) in [5.74, 6) is 0.843. The molecule has 1 fully saturated rings. The SMILES string of the molecule is COc1cc(C)cc(C)c1CC(=O)N1CCN(C(=O)NC(C)C)CC1. The van der Waals surface area contributed by atoms with E-state index in [2.05, 4.69) is 11.4 Å². The van der Waals surface area contributed by atoms with Crippen molar-refractivity contribution in [3.8, 4) is 5.75 Å². The standard InChI is InChI=1S/C19H29N3O3/c1-13(2)20-19(24)22-8-6-21(7-9-22)18(23)12-16-15(4)10-14(3)11-17(16)25-5/h10-11,13H,6-9,12H2,1-5H3,(H,20,24). The summed E-state index contributed by atoms with van der Waals surface area (Å²) in [5.41, 5.74) is 3.13.